The fraction of sp³-hybridized carbons (Fsp3) is 0.250. The predicted molar refractivity (Wildman–Crippen MR) is 45.9 cm³/mol. The van der Waals surface area contributed by atoms with E-state index in [1.165, 1.54) is 0 Å². The summed E-state index contributed by atoms with van der Waals surface area (Å²) < 4.78 is 30.7. The average molecular weight is 208 g/mol. The lowest BCUT2D eigenvalue weighted by molar-refractivity contribution is 0.294. The molecule has 2 nitrogen and oxygen atoms in total. The van der Waals surface area contributed by atoms with Crippen molar-refractivity contribution < 1.29 is 13.5 Å². The number of rotatable bonds is 3. The molecule has 0 spiro atoms. The summed E-state index contributed by atoms with van der Waals surface area (Å²) >= 11 is 5.41. The van der Waals surface area contributed by atoms with E-state index in [9.17, 15) is 8.78 Å². The summed E-state index contributed by atoms with van der Waals surface area (Å²) in [5.74, 6) is -2.15. The topological polar surface area (TPSA) is 35.2 Å². The normalized spacial score (nSPS) is 10.2. The zero-order valence-corrected chi connectivity index (χ0v) is 7.44. The third kappa shape index (κ3) is 2.29. The third-order valence-electron chi connectivity index (χ3n) is 1.37. The van der Waals surface area contributed by atoms with Crippen molar-refractivity contribution in [3.05, 3.63) is 28.8 Å². The smallest absolute Gasteiger partial charge is 0.192 e. The molecule has 1 aromatic rings. The van der Waals surface area contributed by atoms with E-state index in [0.717, 1.165) is 12.1 Å². The van der Waals surface area contributed by atoms with Crippen LogP contribution in [-0.4, -0.2) is 13.2 Å². The zero-order valence-electron chi connectivity index (χ0n) is 6.69. The van der Waals surface area contributed by atoms with Gasteiger partial charge >= 0.3 is 0 Å². The van der Waals surface area contributed by atoms with Gasteiger partial charge in [-0.1, -0.05) is 11.6 Å². The standard InChI is InChI=1S/C8H8ClF2NO/c9-5-1-2-6(10)8(7(5)11)13-4-3-12/h1-2H,3-4,12H2. The first kappa shape index (κ1) is 10.2. The van der Waals surface area contributed by atoms with Crippen LogP contribution in [0.25, 0.3) is 0 Å². The molecule has 0 unspecified atom stereocenters. The van der Waals surface area contributed by atoms with Crippen LogP contribution in [0.15, 0.2) is 12.1 Å². The molecule has 0 saturated carbocycles. The Kier molecular flexibility index (Phi) is 3.45. The van der Waals surface area contributed by atoms with Gasteiger partial charge in [-0.15, -0.1) is 0 Å². The van der Waals surface area contributed by atoms with Crippen molar-refractivity contribution in [1.82, 2.24) is 0 Å². The van der Waals surface area contributed by atoms with E-state index in [0.29, 0.717) is 0 Å². The summed E-state index contributed by atoms with van der Waals surface area (Å²) in [5, 5.41) is -0.173. The minimum absolute atomic E-state index is 0.0498. The molecule has 72 valence electrons. The van der Waals surface area contributed by atoms with Gasteiger partial charge in [-0.25, -0.2) is 8.78 Å². The molecule has 0 fully saturated rings. The molecule has 0 saturated heterocycles. The van der Waals surface area contributed by atoms with Gasteiger partial charge in [0.25, 0.3) is 0 Å². The van der Waals surface area contributed by atoms with Gasteiger partial charge < -0.3 is 10.5 Å². The van der Waals surface area contributed by atoms with Gasteiger partial charge in [-0.2, -0.15) is 0 Å². The first-order valence-corrected chi connectivity index (χ1v) is 4.01. The summed E-state index contributed by atoms with van der Waals surface area (Å²) in [6.07, 6.45) is 0. The van der Waals surface area contributed by atoms with E-state index in [4.69, 9.17) is 22.1 Å². The van der Waals surface area contributed by atoms with E-state index < -0.39 is 17.4 Å². The minimum Gasteiger partial charge on any atom is -0.486 e. The highest BCUT2D eigenvalue weighted by atomic mass is 35.5. The van der Waals surface area contributed by atoms with Crippen LogP contribution >= 0.6 is 11.6 Å². The van der Waals surface area contributed by atoms with Crippen LogP contribution in [0.5, 0.6) is 5.75 Å². The van der Waals surface area contributed by atoms with Crippen LogP contribution in [0.3, 0.4) is 0 Å². The Hall–Kier alpha value is -0.870. The highest BCUT2D eigenvalue weighted by molar-refractivity contribution is 6.30. The average Bonchev–Trinajstić information content (AvgIpc) is 2.12. The number of hydrogen-bond acceptors (Lipinski definition) is 2. The lowest BCUT2D eigenvalue weighted by Crippen LogP contribution is -2.12. The molecule has 13 heavy (non-hydrogen) atoms. The highest BCUT2D eigenvalue weighted by Gasteiger charge is 2.13. The van der Waals surface area contributed by atoms with Crippen molar-refractivity contribution >= 4 is 11.6 Å². The summed E-state index contributed by atoms with van der Waals surface area (Å²) in [4.78, 5) is 0. The number of benzene rings is 1. The van der Waals surface area contributed by atoms with Gasteiger partial charge in [-0.3, -0.25) is 0 Å². The lowest BCUT2D eigenvalue weighted by atomic mass is 10.3. The van der Waals surface area contributed by atoms with Crippen molar-refractivity contribution in [3.63, 3.8) is 0 Å². The number of halogens is 3. The fourth-order valence-corrected chi connectivity index (χ4v) is 0.951. The monoisotopic (exact) mass is 207 g/mol. The predicted octanol–water partition coefficient (Wildman–Crippen LogP) is 1.96. The third-order valence-corrected chi connectivity index (χ3v) is 1.66. The molecule has 0 aromatic heterocycles. The largest absolute Gasteiger partial charge is 0.486 e. The van der Waals surface area contributed by atoms with Gasteiger partial charge in [0.2, 0.25) is 0 Å². The van der Waals surface area contributed by atoms with Gasteiger partial charge in [0.15, 0.2) is 17.4 Å². The number of ether oxygens (including phenoxy) is 1. The Morgan fingerprint density at radius 3 is 2.69 bits per heavy atom. The summed E-state index contributed by atoms with van der Waals surface area (Å²) in [6.45, 7) is 0.236. The molecule has 1 rings (SSSR count). The minimum atomic E-state index is -0.893. The molecular formula is C8H8ClF2NO. The maximum atomic E-state index is 13.0. The van der Waals surface area contributed by atoms with E-state index in [1.54, 1.807) is 0 Å². The molecule has 0 heterocycles. The molecule has 1 aromatic carbocycles. The van der Waals surface area contributed by atoms with Crippen molar-refractivity contribution in [2.45, 2.75) is 0 Å². The lowest BCUT2D eigenvalue weighted by Gasteiger charge is -2.07. The van der Waals surface area contributed by atoms with E-state index in [2.05, 4.69) is 0 Å². The summed E-state index contributed by atoms with van der Waals surface area (Å²) in [7, 11) is 0. The Bertz CT molecular complexity index is 306. The molecule has 0 aliphatic rings. The second-order valence-electron chi connectivity index (χ2n) is 2.31. The zero-order chi connectivity index (χ0) is 9.84. The molecule has 0 aliphatic heterocycles. The maximum Gasteiger partial charge on any atom is 0.192 e. The van der Waals surface area contributed by atoms with Gasteiger partial charge in [-0.05, 0) is 12.1 Å². The highest BCUT2D eigenvalue weighted by Crippen LogP contribution is 2.27. The second kappa shape index (κ2) is 4.39. The Labute approximate surface area is 79.2 Å². The van der Waals surface area contributed by atoms with Crippen LogP contribution in [0.4, 0.5) is 8.78 Å². The SMILES string of the molecule is NCCOc1c(F)ccc(Cl)c1F. The van der Waals surface area contributed by atoms with Crippen molar-refractivity contribution in [2.24, 2.45) is 5.73 Å². The van der Waals surface area contributed by atoms with Crippen LogP contribution in [-0.2, 0) is 0 Å². The first-order chi connectivity index (χ1) is 6.16. The van der Waals surface area contributed by atoms with Crippen molar-refractivity contribution in [1.29, 1.82) is 0 Å². The van der Waals surface area contributed by atoms with Gasteiger partial charge in [0.1, 0.15) is 6.61 Å². The van der Waals surface area contributed by atoms with Crippen LogP contribution in [0.1, 0.15) is 0 Å². The molecule has 2 N–H and O–H groups in total. The van der Waals surface area contributed by atoms with E-state index in [-0.39, 0.29) is 18.2 Å². The molecule has 5 heteroatoms. The molecule has 0 bridgehead atoms. The maximum absolute atomic E-state index is 13.0. The van der Waals surface area contributed by atoms with Crippen LogP contribution in [0, 0.1) is 11.6 Å². The van der Waals surface area contributed by atoms with Crippen molar-refractivity contribution in [2.75, 3.05) is 13.2 Å². The van der Waals surface area contributed by atoms with E-state index >= 15 is 0 Å². The molecule has 0 atom stereocenters. The number of nitrogens with two attached hydrogens (primary N) is 1. The molecule has 0 radical (unpaired) electrons. The van der Waals surface area contributed by atoms with Gasteiger partial charge in [0, 0.05) is 6.54 Å². The molecular weight excluding hydrogens is 200 g/mol. The Morgan fingerprint density at radius 1 is 1.38 bits per heavy atom. The van der Waals surface area contributed by atoms with Gasteiger partial charge in [0.05, 0.1) is 5.02 Å². The second-order valence-corrected chi connectivity index (χ2v) is 2.72. The Morgan fingerprint density at radius 2 is 2.08 bits per heavy atom. The van der Waals surface area contributed by atoms with Crippen LogP contribution < -0.4 is 10.5 Å². The fourth-order valence-electron chi connectivity index (χ4n) is 0.802. The summed E-state index contributed by atoms with van der Waals surface area (Å²) in [5.41, 5.74) is 5.11. The Balaban J connectivity index is 2.96. The summed E-state index contributed by atoms with van der Waals surface area (Å²) in [6, 6.07) is 2.17. The molecule has 0 amide bonds. The van der Waals surface area contributed by atoms with Crippen molar-refractivity contribution in [3.8, 4) is 5.75 Å². The molecule has 0 aliphatic carbocycles. The van der Waals surface area contributed by atoms with E-state index in [1.807, 2.05) is 0 Å². The quantitative estimate of drug-likeness (QED) is 0.769. The van der Waals surface area contributed by atoms with Crippen LogP contribution in [0.2, 0.25) is 5.02 Å². The number of hydrogen-bond donors (Lipinski definition) is 1. The first-order valence-electron chi connectivity index (χ1n) is 3.63.